The first-order valence-corrected chi connectivity index (χ1v) is 21.2. The van der Waals surface area contributed by atoms with Crippen LogP contribution in [-0.4, -0.2) is 11.8 Å². The van der Waals surface area contributed by atoms with Gasteiger partial charge in [-0.2, -0.15) is 35.4 Å². The molecular weight excluding hydrogens is 624 g/mol. The smallest absolute Gasteiger partial charge is 0.0112 e. The van der Waals surface area contributed by atoms with Gasteiger partial charge in [-0.05, 0) is 25.5 Å². The maximum Gasteiger partial charge on any atom is -0.0112 e. The van der Waals surface area contributed by atoms with E-state index in [1.54, 1.807) is 5.20 Å². The maximum absolute atomic E-state index is 3.53. The van der Waals surface area contributed by atoms with Crippen LogP contribution in [0.1, 0.15) is 110 Å². The average molecular weight is 680 g/mol. The molecule has 0 amide bonds. The summed E-state index contributed by atoms with van der Waals surface area (Å²) in [5, 5.41) is 1.60. The Hall–Kier alpha value is -1.89. The van der Waals surface area contributed by atoms with E-state index in [1.165, 1.54) is 74.3 Å². The summed E-state index contributed by atoms with van der Waals surface area (Å²) < 4.78 is 2.21. The molecule has 2 aliphatic rings. The monoisotopic (exact) mass is 678 g/mol. The first-order chi connectivity index (χ1) is 20.1. The van der Waals surface area contributed by atoms with Gasteiger partial charge < -0.3 is 0 Å². The van der Waals surface area contributed by atoms with E-state index in [9.17, 15) is 0 Å². The summed E-state index contributed by atoms with van der Waals surface area (Å²) in [6.45, 7) is 31.9. The third-order valence-electron chi connectivity index (χ3n) is 8.54. The van der Waals surface area contributed by atoms with Crippen molar-refractivity contribution in [3.05, 3.63) is 117 Å². The summed E-state index contributed by atoms with van der Waals surface area (Å²) in [5.74, 6) is 0.553. The van der Waals surface area contributed by atoms with E-state index in [-0.39, 0.29) is 16.2 Å². The number of fused-ring (bicyclic) bond motifs is 3. The van der Waals surface area contributed by atoms with E-state index in [2.05, 4.69) is 172 Å². The van der Waals surface area contributed by atoms with Gasteiger partial charge in [0, 0.05) is 0 Å². The molecule has 1 unspecified atom stereocenters. The zero-order chi connectivity index (χ0) is 33.3. The molecule has 0 heterocycles. The standard InChI is InChI=1S/C21H25.C11H14.C10H17Si.Zr/c1-20(2,3)16-9-7-14-11-15-8-10-17(21(4,5)6)13-19(15)18(14)12-16;1-9-5-7-10(8-6-9)11(2,3)4;1-8-6-9(2)10(7-8)11(3,4)5;/h7,9-10,12-13H,11H2,1-6H3;1,5-8H,2-4H3;7-8H,1-5H3;/q-1;;-1;+2. The third kappa shape index (κ3) is 9.56. The van der Waals surface area contributed by atoms with Crippen LogP contribution in [0.2, 0.25) is 19.6 Å². The SMILES string of the molecule is CC(C)(C)c1c[c-]c2c(c1)-c1cc(C(C)(C)C)ccc1C2.CC(C)(C)c1ccc([CH]=[Zr+2])cc1.CC1=[C-]C(C)C=C1[Si](C)(C)C. The summed E-state index contributed by atoms with van der Waals surface area (Å²) in [6.07, 6.45) is 6.84. The van der Waals surface area contributed by atoms with Gasteiger partial charge in [0.1, 0.15) is 0 Å². The molecule has 0 aliphatic heterocycles. The fourth-order valence-electron chi connectivity index (χ4n) is 5.71. The number of rotatable bonds is 2. The zero-order valence-electron chi connectivity index (χ0n) is 30.1. The Labute approximate surface area is 286 Å². The van der Waals surface area contributed by atoms with Gasteiger partial charge in [-0.1, -0.05) is 116 Å². The average Bonchev–Trinajstić information content (AvgIpc) is 3.45. The van der Waals surface area contributed by atoms with Gasteiger partial charge >= 0.3 is 89.5 Å². The van der Waals surface area contributed by atoms with Gasteiger partial charge in [-0.3, -0.25) is 6.08 Å². The van der Waals surface area contributed by atoms with Gasteiger partial charge in [0.15, 0.2) is 0 Å². The van der Waals surface area contributed by atoms with E-state index >= 15 is 0 Å². The van der Waals surface area contributed by atoms with Crippen molar-refractivity contribution in [2.24, 2.45) is 5.92 Å². The van der Waals surface area contributed by atoms with E-state index in [1.807, 2.05) is 0 Å². The van der Waals surface area contributed by atoms with Crippen molar-refractivity contribution in [3.8, 4) is 11.1 Å². The molecule has 0 fully saturated rings. The quantitative estimate of drug-likeness (QED) is 0.146. The molecule has 44 heavy (non-hydrogen) atoms. The Balaban J connectivity index is 0.000000196. The molecule has 0 bridgehead atoms. The van der Waals surface area contributed by atoms with E-state index < -0.39 is 8.07 Å². The summed E-state index contributed by atoms with van der Waals surface area (Å²) in [4.78, 5) is 0. The third-order valence-corrected chi connectivity index (χ3v) is 11.5. The molecule has 1 atom stereocenters. The predicted molar refractivity (Wildman–Crippen MR) is 194 cm³/mol. The van der Waals surface area contributed by atoms with Crippen molar-refractivity contribution < 1.29 is 24.2 Å². The minimum atomic E-state index is -1.07. The summed E-state index contributed by atoms with van der Waals surface area (Å²) >= 11 is 1.46. The Morgan fingerprint density at radius 3 is 1.70 bits per heavy atom. The van der Waals surface area contributed by atoms with Gasteiger partial charge in [0.05, 0.1) is 0 Å². The first kappa shape index (κ1) is 36.6. The van der Waals surface area contributed by atoms with Gasteiger partial charge in [-0.15, -0.1) is 5.56 Å². The van der Waals surface area contributed by atoms with Crippen LogP contribution in [-0.2, 0) is 46.9 Å². The number of hydrogen-bond acceptors (Lipinski definition) is 0. The molecule has 0 radical (unpaired) electrons. The largest absolute Gasteiger partial charge is 0.267 e. The molecule has 0 saturated heterocycles. The van der Waals surface area contributed by atoms with Crippen LogP contribution in [0, 0.1) is 18.1 Å². The van der Waals surface area contributed by atoms with Crippen LogP contribution >= 0.6 is 0 Å². The fraction of sp³-hybridized carbons (Fsp3) is 0.452. The first-order valence-electron chi connectivity index (χ1n) is 16.2. The van der Waals surface area contributed by atoms with Crippen molar-refractivity contribution >= 4 is 11.8 Å². The fourth-order valence-corrected chi connectivity index (χ4v) is 8.13. The van der Waals surface area contributed by atoms with Gasteiger partial charge in [0.2, 0.25) is 0 Å². The number of allylic oxidation sites excluding steroid dienone is 4. The van der Waals surface area contributed by atoms with Gasteiger partial charge in [0.25, 0.3) is 0 Å². The van der Waals surface area contributed by atoms with E-state index in [4.69, 9.17) is 0 Å². The molecule has 0 aromatic heterocycles. The Bertz CT molecular complexity index is 1460. The molecule has 0 nitrogen and oxygen atoms in total. The summed E-state index contributed by atoms with van der Waals surface area (Å²) in [5.41, 5.74) is 13.2. The molecule has 3 aromatic carbocycles. The second-order valence-electron chi connectivity index (χ2n) is 16.7. The van der Waals surface area contributed by atoms with Crippen molar-refractivity contribution in [2.75, 3.05) is 0 Å². The second kappa shape index (κ2) is 13.8. The number of hydrogen-bond donors (Lipinski definition) is 0. The van der Waals surface area contributed by atoms with E-state index in [0.29, 0.717) is 5.92 Å². The van der Waals surface area contributed by atoms with Crippen LogP contribution in [0.3, 0.4) is 0 Å². The Morgan fingerprint density at radius 2 is 1.27 bits per heavy atom. The minimum absolute atomic E-state index is 0.177. The zero-order valence-corrected chi connectivity index (χ0v) is 33.6. The predicted octanol–water partition coefficient (Wildman–Crippen LogP) is 11.5. The maximum atomic E-state index is 3.53. The molecule has 0 saturated carbocycles. The Kier molecular flexibility index (Phi) is 11.5. The number of benzene rings is 3. The van der Waals surface area contributed by atoms with Crippen molar-refractivity contribution in [1.82, 2.24) is 0 Å². The van der Waals surface area contributed by atoms with Crippen LogP contribution in [0.4, 0.5) is 0 Å². The molecule has 232 valence electrons. The van der Waals surface area contributed by atoms with Crippen molar-refractivity contribution in [1.29, 1.82) is 0 Å². The molecule has 2 aliphatic carbocycles. The van der Waals surface area contributed by atoms with Crippen molar-refractivity contribution in [3.63, 3.8) is 0 Å². The van der Waals surface area contributed by atoms with Crippen LogP contribution in [0.15, 0.2) is 71.4 Å². The van der Waals surface area contributed by atoms with Crippen molar-refractivity contribution in [2.45, 2.75) is 118 Å². The summed E-state index contributed by atoms with van der Waals surface area (Å²) in [7, 11) is -1.07. The Morgan fingerprint density at radius 1 is 0.750 bits per heavy atom. The molecule has 0 spiro atoms. The van der Waals surface area contributed by atoms with E-state index in [0.717, 1.165) is 6.42 Å². The topological polar surface area (TPSA) is 0 Å². The molecule has 3 aromatic rings. The second-order valence-corrected chi connectivity index (χ2v) is 22.5. The van der Waals surface area contributed by atoms with Crippen LogP contribution < -0.4 is 0 Å². The molecular formula is C42H56SiZr. The van der Waals surface area contributed by atoms with Gasteiger partial charge in [-0.25, -0.2) is 10.8 Å². The molecule has 5 rings (SSSR count). The summed E-state index contributed by atoms with van der Waals surface area (Å²) in [6, 6.07) is 23.9. The van der Waals surface area contributed by atoms with Crippen LogP contribution in [0.5, 0.6) is 0 Å². The molecule has 2 heteroatoms. The molecule has 0 N–H and O–H groups in total. The minimum Gasteiger partial charge on any atom is -0.267 e. The van der Waals surface area contributed by atoms with Crippen LogP contribution in [0.25, 0.3) is 11.1 Å². The normalized spacial score (nSPS) is 16.0.